The first kappa shape index (κ1) is 8.91. The fourth-order valence-electron chi connectivity index (χ4n) is 1.58. The van der Waals surface area contributed by atoms with E-state index in [1.807, 2.05) is 12.1 Å². The van der Waals surface area contributed by atoms with Crippen molar-refractivity contribution < 1.29 is 4.74 Å². The Morgan fingerprint density at radius 3 is 3.15 bits per heavy atom. The number of rotatable bonds is 1. The maximum atomic E-state index is 5.88. The monoisotopic (exact) mass is 195 g/mol. The van der Waals surface area contributed by atoms with Crippen LogP contribution in [0.3, 0.4) is 0 Å². The summed E-state index contributed by atoms with van der Waals surface area (Å²) in [4.78, 5) is 1.27. The van der Waals surface area contributed by atoms with E-state index < -0.39 is 0 Å². The third-order valence-corrected chi connectivity index (χ3v) is 3.55. The Kier molecular flexibility index (Phi) is 2.47. The molecule has 0 aliphatic carbocycles. The van der Waals surface area contributed by atoms with Crippen LogP contribution in [-0.4, -0.2) is 18.9 Å². The summed E-state index contributed by atoms with van der Waals surface area (Å²) in [6.07, 6.45) is 0.972. The minimum absolute atomic E-state index is 0.296. The molecule has 1 atom stereocenters. The number of hydrogen-bond donors (Lipinski definition) is 1. The van der Waals surface area contributed by atoms with Gasteiger partial charge in [-0.25, -0.2) is 0 Å². The van der Waals surface area contributed by atoms with Crippen LogP contribution in [0.2, 0.25) is 0 Å². The minimum Gasteiger partial charge on any atom is -0.496 e. The average molecular weight is 195 g/mol. The molecule has 1 aromatic carbocycles. The third kappa shape index (κ3) is 1.67. The molecule has 70 valence electrons. The van der Waals surface area contributed by atoms with E-state index in [4.69, 9.17) is 10.5 Å². The summed E-state index contributed by atoms with van der Waals surface area (Å²) >= 11 is 1.80. The van der Waals surface area contributed by atoms with E-state index >= 15 is 0 Å². The van der Waals surface area contributed by atoms with Crippen molar-refractivity contribution in [3.05, 3.63) is 23.8 Å². The summed E-state index contributed by atoms with van der Waals surface area (Å²) in [5.74, 6) is 1.97. The highest BCUT2D eigenvalue weighted by molar-refractivity contribution is 7.99. The van der Waals surface area contributed by atoms with Crippen LogP contribution in [0.4, 0.5) is 0 Å². The van der Waals surface area contributed by atoms with Crippen LogP contribution in [0.1, 0.15) is 5.56 Å². The normalized spacial score (nSPS) is 20.9. The average Bonchev–Trinajstić information content (AvgIpc) is 2.16. The summed E-state index contributed by atoms with van der Waals surface area (Å²) in [5.41, 5.74) is 7.20. The Morgan fingerprint density at radius 2 is 2.38 bits per heavy atom. The van der Waals surface area contributed by atoms with Crippen molar-refractivity contribution in [2.24, 2.45) is 5.73 Å². The molecule has 0 aromatic heterocycles. The summed E-state index contributed by atoms with van der Waals surface area (Å²) in [5, 5.41) is 0. The molecule has 0 unspecified atom stereocenters. The van der Waals surface area contributed by atoms with Crippen molar-refractivity contribution in [1.82, 2.24) is 0 Å². The standard InChI is InChI=1S/C10H13NOS/c1-12-9-4-2-3-7-5-8(11)6-13-10(7)9/h2-4,8H,5-6,11H2,1H3/t8-/m1/s1. The lowest BCUT2D eigenvalue weighted by molar-refractivity contribution is 0.403. The molecule has 0 radical (unpaired) electrons. The van der Waals surface area contributed by atoms with E-state index in [-0.39, 0.29) is 0 Å². The zero-order valence-electron chi connectivity index (χ0n) is 7.62. The largest absolute Gasteiger partial charge is 0.496 e. The van der Waals surface area contributed by atoms with Gasteiger partial charge >= 0.3 is 0 Å². The van der Waals surface area contributed by atoms with Crippen molar-refractivity contribution in [3.8, 4) is 5.75 Å². The van der Waals surface area contributed by atoms with Crippen molar-refractivity contribution in [2.45, 2.75) is 17.4 Å². The molecule has 3 heteroatoms. The topological polar surface area (TPSA) is 35.2 Å². The van der Waals surface area contributed by atoms with Gasteiger partial charge in [-0.3, -0.25) is 0 Å². The number of benzene rings is 1. The molecule has 0 fully saturated rings. The molecule has 2 rings (SSSR count). The van der Waals surface area contributed by atoms with Gasteiger partial charge in [0.1, 0.15) is 5.75 Å². The second kappa shape index (κ2) is 3.60. The predicted octanol–water partition coefficient (Wildman–Crippen LogP) is 1.67. The Balaban J connectivity index is 2.39. The van der Waals surface area contributed by atoms with Crippen molar-refractivity contribution in [1.29, 1.82) is 0 Å². The summed E-state index contributed by atoms with van der Waals surface area (Å²) in [7, 11) is 1.71. The molecule has 1 heterocycles. The lowest BCUT2D eigenvalue weighted by atomic mass is 10.1. The number of thioether (sulfide) groups is 1. The fourth-order valence-corrected chi connectivity index (χ4v) is 2.71. The lowest BCUT2D eigenvalue weighted by Crippen LogP contribution is -2.28. The molecule has 0 bridgehead atoms. The second-order valence-electron chi connectivity index (χ2n) is 3.22. The van der Waals surface area contributed by atoms with E-state index in [9.17, 15) is 0 Å². The first-order chi connectivity index (χ1) is 6.31. The van der Waals surface area contributed by atoms with Crippen LogP contribution in [-0.2, 0) is 6.42 Å². The molecule has 0 saturated carbocycles. The van der Waals surface area contributed by atoms with Gasteiger partial charge in [0.2, 0.25) is 0 Å². The molecule has 13 heavy (non-hydrogen) atoms. The van der Waals surface area contributed by atoms with Crippen LogP contribution in [0.25, 0.3) is 0 Å². The maximum absolute atomic E-state index is 5.88. The first-order valence-corrected chi connectivity index (χ1v) is 5.34. The van der Waals surface area contributed by atoms with Gasteiger partial charge in [-0.05, 0) is 18.1 Å². The quantitative estimate of drug-likeness (QED) is 0.740. The number of ether oxygens (including phenoxy) is 1. The van der Waals surface area contributed by atoms with Gasteiger partial charge in [-0.2, -0.15) is 0 Å². The van der Waals surface area contributed by atoms with Crippen molar-refractivity contribution >= 4 is 11.8 Å². The van der Waals surface area contributed by atoms with Gasteiger partial charge in [0, 0.05) is 11.8 Å². The van der Waals surface area contributed by atoms with Gasteiger partial charge < -0.3 is 10.5 Å². The van der Waals surface area contributed by atoms with Crippen LogP contribution in [0.15, 0.2) is 23.1 Å². The van der Waals surface area contributed by atoms with E-state index in [1.54, 1.807) is 18.9 Å². The van der Waals surface area contributed by atoms with Gasteiger partial charge in [0.05, 0.1) is 12.0 Å². The molecule has 0 spiro atoms. The second-order valence-corrected chi connectivity index (χ2v) is 4.25. The zero-order chi connectivity index (χ0) is 9.26. The highest BCUT2D eigenvalue weighted by atomic mass is 32.2. The Morgan fingerprint density at radius 1 is 1.54 bits per heavy atom. The van der Waals surface area contributed by atoms with Crippen molar-refractivity contribution in [3.63, 3.8) is 0 Å². The molecular formula is C10H13NOS. The molecule has 0 amide bonds. The van der Waals surface area contributed by atoms with Gasteiger partial charge in [-0.15, -0.1) is 11.8 Å². The maximum Gasteiger partial charge on any atom is 0.132 e. The first-order valence-electron chi connectivity index (χ1n) is 4.35. The Bertz CT molecular complexity index is 314. The van der Waals surface area contributed by atoms with E-state index in [1.165, 1.54) is 10.5 Å². The molecule has 0 saturated heterocycles. The minimum atomic E-state index is 0.296. The van der Waals surface area contributed by atoms with Crippen LogP contribution >= 0.6 is 11.8 Å². The Hall–Kier alpha value is -0.670. The molecule has 2 N–H and O–H groups in total. The van der Waals surface area contributed by atoms with Crippen LogP contribution in [0.5, 0.6) is 5.75 Å². The van der Waals surface area contributed by atoms with Gasteiger partial charge in [0.15, 0.2) is 0 Å². The van der Waals surface area contributed by atoms with E-state index in [2.05, 4.69) is 6.07 Å². The van der Waals surface area contributed by atoms with Crippen LogP contribution < -0.4 is 10.5 Å². The van der Waals surface area contributed by atoms with Gasteiger partial charge in [-0.1, -0.05) is 12.1 Å². The summed E-state index contributed by atoms with van der Waals surface area (Å²) in [6.45, 7) is 0. The number of fused-ring (bicyclic) bond motifs is 1. The van der Waals surface area contributed by atoms with Crippen LogP contribution in [0, 0.1) is 0 Å². The number of hydrogen-bond acceptors (Lipinski definition) is 3. The molecule has 1 aliphatic heterocycles. The Labute approximate surface area is 82.5 Å². The zero-order valence-corrected chi connectivity index (χ0v) is 8.43. The lowest BCUT2D eigenvalue weighted by Gasteiger charge is -2.22. The van der Waals surface area contributed by atoms with Crippen molar-refractivity contribution in [2.75, 3.05) is 12.9 Å². The summed E-state index contributed by atoms with van der Waals surface area (Å²) in [6, 6.07) is 6.45. The highest BCUT2D eigenvalue weighted by Crippen LogP contribution is 2.36. The number of nitrogens with two attached hydrogens (primary N) is 1. The fraction of sp³-hybridized carbons (Fsp3) is 0.400. The smallest absolute Gasteiger partial charge is 0.132 e. The molecular weight excluding hydrogens is 182 g/mol. The highest BCUT2D eigenvalue weighted by Gasteiger charge is 2.18. The third-order valence-electron chi connectivity index (χ3n) is 2.20. The SMILES string of the molecule is COc1cccc2c1SC[C@H](N)C2. The van der Waals surface area contributed by atoms with E-state index in [0.29, 0.717) is 6.04 Å². The van der Waals surface area contributed by atoms with Gasteiger partial charge in [0.25, 0.3) is 0 Å². The van der Waals surface area contributed by atoms with E-state index in [0.717, 1.165) is 17.9 Å². The molecule has 2 nitrogen and oxygen atoms in total. The molecule has 1 aliphatic rings. The summed E-state index contributed by atoms with van der Waals surface area (Å²) < 4.78 is 5.29. The predicted molar refractivity (Wildman–Crippen MR) is 55.4 cm³/mol. The molecule has 1 aromatic rings. The number of methoxy groups -OCH3 is 1.